The Morgan fingerprint density at radius 3 is 1.95 bits per heavy atom. The van der Waals surface area contributed by atoms with Crippen LogP contribution >= 0.6 is 0 Å². The summed E-state index contributed by atoms with van der Waals surface area (Å²) in [7, 11) is 1.48. The average molecular weight is 281 g/mol. The minimum atomic E-state index is -0.223. The fourth-order valence-electron chi connectivity index (χ4n) is 4.64. The quantitative estimate of drug-likeness (QED) is 0.745. The molecule has 1 saturated heterocycles. The van der Waals surface area contributed by atoms with Crippen molar-refractivity contribution in [2.45, 2.75) is 82.9 Å². The number of ether oxygens (including phenoxy) is 1. The summed E-state index contributed by atoms with van der Waals surface area (Å²) < 4.78 is 4.90. The van der Waals surface area contributed by atoms with E-state index in [1.54, 1.807) is 0 Å². The molecule has 1 heterocycles. The number of hydroxylamine groups is 2. The smallest absolute Gasteiger partial charge is 0.312 e. The van der Waals surface area contributed by atoms with Crippen LogP contribution in [0.15, 0.2) is 0 Å². The molecule has 0 unspecified atom stereocenters. The molecule has 0 spiro atoms. The van der Waals surface area contributed by atoms with Crippen LogP contribution in [0.4, 0.5) is 0 Å². The van der Waals surface area contributed by atoms with Gasteiger partial charge >= 0.3 is 5.97 Å². The summed E-state index contributed by atoms with van der Waals surface area (Å²) in [6, 6.07) is 0. The van der Waals surface area contributed by atoms with Crippen LogP contribution in [-0.2, 0) is 14.4 Å². The van der Waals surface area contributed by atoms with E-state index in [-0.39, 0.29) is 28.1 Å². The van der Waals surface area contributed by atoms with E-state index in [1.165, 1.54) is 13.5 Å². The Bertz CT molecular complexity index is 405. The summed E-state index contributed by atoms with van der Waals surface area (Å²) in [5, 5.41) is 2.23. The molecule has 4 nitrogen and oxygen atoms in total. The lowest BCUT2D eigenvalue weighted by Gasteiger charge is -2.69. The van der Waals surface area contributed by atoms with Crippen molar-refractivity contribution in [3.8, 4) is 0 Å². The first-order valence-electron chi connectivity index (χ1n) is 7.73. The van der Waals surface area contributed by atoms with Gasteiger partial charge in [-0.2, -0.15) is 5.06 Å². The van der Waals surface area contributed by atoms with Crippen LogP contribution in [0.5, 0.6) is 0 Å². The second-order valence-corrected chi connectivity index (χ2v) is 8.35. The van der Waals surface area contributed by atoms with E-state index in [0.29, 0.717) is 0 Å². The highest BCUT2D eigenvalue weighted by molar-refractivity contribution is 5.81. The van der Waals surface area contributed by atoms with Gasteiger partial charge < -0.3 is 4.74 Å². The first-order chi connectivity index (χ1) is 9.15. The van der Waals surface area contributed by atoms with Gasteiger partial charge in [-0.05, 0) is 66.2 Å². The maximum Gasteiger partial charge on any atom is 0.312 e. The Labute approximate surface area is 121 Å². The highest BCUT2D eigenvalue weighted by Gasteiger charge is 2.75. The van der Waals surface area contributed by atoms with E-state index in [0.717, 1.165) is 32.1 Å². The van der Waals surface area contributed by atoms with Crippen molar-refractivity contribution in [3.05, 3.63) is 0 Å². The molecule has 0 aromatic carbocycles. The fraction of sp³-hybridized carbons (Fsp3) is 0.938. The van der Waals surface area contributed by atoms with Gasteiger partial charge in [-0.15, -0.1) is 0 Å². The molecule has 0 amide bonds. The third-order valence-corrected chi connectivity index (χ3v) is 5.56. The zero-order valence-electron chi connectivity index (χ0n) is 13.4. The highest BCUT2D eigenvalue weighted by Crippen LogP contribution is 2.70. The lowest BCUT2D eigenvalue weighted by atomic mass is 9.41. The molecule has 4 aliphatic rings. The van der Waals surface area contributed by atoms with E-state index in [9.17, 15) is 4.79 Å². The molecule has 20 heavy (non-hydrogen) atoms. The molecule has 0 atom stereocenters. The Kier molecular flexibility index (Phi) is 2.85. The van der Waals surface area contributed by atoms with Gasteiger partial charge in [0.2, 0.25) is 0 Å². The topological polar surface area (TPSA) is 38.8 Å². The Balaban J connectivity index is 1.69. The standard InChI is InChI=1S/C16H27NO3/c1-13(2)7-6-8-14(3,4)17(13)20-16-9-15(10-16,11-16)12(18)19-5/h6-11H2,1-5H3. The minimum absolute atomic E-state index is 0.0554. The van der Waals surface area contributed by atoms with Gasteiger partial charge in [0, 0.05) is 11.1 Å². The van der Waals surface area contributed by atoms with E-state index < -0.39 is 0 Å². The van der Waals surface area contributed by atoms with Crippen LogP contribution < -0.4 is 0 Å². The van der Waals surface area contributed by atoms with Crippen molar-refractivity contribution in [2.24, 2.45) is 5.41 Å². The van der Waals surface area contributed by atoms with Gasteiger partial charge in [0.05, 0.1) is 18.1 Å². The molecule has 1 aliphatic heterocycles. The van der Waals surface area contributed by atoms with Gasteiger partial charge in [0.15, 0.2) is 0 Å². The first-order valence-corrected chi connectivity index (χ1v) is 7.73. The van der Waals surface area contributed by atoms with Crippen molar-refractivity contribution in [2.75, 3.05) is 7.11 Å². The highest BCUT2D eigenvalue weighted by atomic mass is 16.7. The molecule has 4 heteroatoms. The maximum atomic E-state index is 11.8. The van der Waals surface area contributed by atoms with Crippen LogP contribution in [-0.4, -0.2) is 34.8 Å². The van der Waals surface area contributed by atoms with Crippen LogP contribution in [0.3, 0.4) is 0 Å². The molecule has 2 bridgehead atoms. The van der Waals surface area contributed by atoms with E-state index in [1.807, 2.05) is 0 Å². The summed E-state index contributed by atoms with van der Waals surface area (Å²) in [5.41, 5.74) is -0.190. The molecule has 114 valence electrons. The normalized spacial score (nSPS) is 41.5. The van der Waals surface area contributed by atoms with Crippen molar-refractivity contribution in [1.29, 1.82) is 0 Å². The second-order valence-electron chi connectivity index (χ2n) is 8.35. The molecule has 0 N–H and O–H groups in total. The lowest BCUT2D eigenvalue weighted by molar-refractivity contribution is -0.412. The molecule has 0 aromatic rings. The maximum absolute atomic E-state index is 11.8. The molecule has 0 aromatic heterocycles. The zero-order valence-corrected chi connectivity index (χ0v) is 13.4. The minimum Gasteiger partial charge on any atom is -0.469 e. The van der Waals surface area contributed by atoms with E-state index in [2.05, 4.69) is 32.8 Å². The average Bonchev–Trinajstić information content (AvgIpc) is 2.22. The number of rotatable bonds is 3. The van der Waals surface area contributed by atoms with Crippen LogP contribution in [0.25, 0.3) is 0 Å². The number of nitrogens with zero attached hydrogens (tertiary/aromatic N) is 1. The van der Waals surface area contributed by atoms with Gasteiger partial charge in [0.25, 0.3) is 0 Å². The largest absolute Gasteiger partial charge is 0.469 e. The predicted octanol–water partition coefficient (Wildman–Crippen LogP) is 3.06. The summed E-state index contributed by atoms with van der Waals surface area (Å²) in [6.07, 6.45) is 6.06. The summed E-state index contributed by atoms with van der Waals surface area (Å²) in [4.78, 5) is 18.2. The van der Waals surface area contributed by atoms with Gasteiger partial charge in [-0.1, -0.05) is 0 Å². The fourth-order valence-corrected chi connectivity index (χ4v) is 4.64. The molecular formula is C16H27NO3. The number of carbonyl (C=O) groups excluding carboxylic acids is 1. The van der Waals surface area contributed by atoms with Crippen molar-refractivity contribution in [3.63, 3.8) is 0 Å². The number of esters is 1. The molecule has 3 aliphatic carbocycles. The molecule has 0 radical (unpaired) electrons. The summed E-state index contributed by atoms with van der Waals surface area (Å²) in [5.74, 6) is -0.0554. The Hall–Kier alpha value is -0.610. The number of hydrogen-bond donors (Lipinski definition) is 0. The van der Waals surface area contributed by atoms with Crippen molar-refractivity contribution in [1.82, 2.24) is 5.06 Å². The Morgan fingerprint density at radius 1 is 1.00 bits per heavy atom. The number of hydrogen-bond acceptors (Lipinski definition) is 4. The third kappa shape index (κ3) is 1.84. The summed E-state index contributed by atoms with van der Waals surface area (Å²) in [6.45, 7) is 9.04. The molecule has 3 saturated carbocycles. The summed E-state index contributed by atoms with van der Waals surface area (Å²) >= 11 is 0. The third-order valence-electron chi connectivity index (χ3n) is 5.56. The first kappa shape index (κ1) is 14.3. The van der Waals surface area contributed by atoms with Crippen LogP contribution in [0.1, 0.15) is 66.2 Å². The number of carbonyl (C=O) groups is 1. The molecule has 4 fully saturated rings. The van der Waals surface area contributed by atoms with Gasteiger partial charge in [0.1, 0.15) is 0 Å². The number of piperidine rings is 1. The Morgan fingerprint density at radius 2 is 1.50 bits per heavy atom. The van der Waals surface area contributed by atoms with E-state index >= 15 is 0 Å². The van der Waals surface area contributed by atoms with Crippen LogP contribution in [0, 0.1) is 5.41 Å². The number of methoxy groups -OCH3 is 1. The van der Waals surface area contributed by atoms with Gasteiger partial charge in [-0.25, -0.2) is 0 Å². The SMILES string of the molecule is COC(=O)C12CC(ON3C(C)(C)CCCC3(C)C)(C1)C2. The van der Waals surface area contributed by atoms with Gasteiger partial charge in [-0.3, -0.25) is 9.63 Å². The monoisotopic (exact) mass is 281 g/mol. The second kappa shape index (κ2) is 3.98. The van der Waals surface area contributed by atoms with Crippen molar-refractivity contribution < 1.29 is 14.4 Å². The van der Waals surface area contributed by atoms with E-state index in [4.69, 9.17) is 9.57 Å². The molecular weight excluding hydrogens is 254 g/mol. The van der Waals surface area contributed by atoms with Crippen molar-refractivity contribution >= 4 is 5.97 Å². The molecule has 4 rings (SSSR count). The predicted molar refractivity (Wildman–Crippen MR) is 76.0 cm³/mol. The van der Waals surface area contributed by atoms with Crippen LogP contribution in [0.2, 0.25) is 0 Å². The lowest BCUT2D eigenvalue weighted by Crippen LogP contribution is -2.75. The zero-order chi connectivity index (χ0) is 14.8.